The molecular weight excluding hydrogens is 368 g/mol. The Morgan fingerprint density at radius 3 is 2.69 bits per heavy atom. The van der Waals surface area contributed by atoms with Gasteiger partial charge in [0, 0.05) is 12.0 Å². The van der Waals surface area contributed by atoms with E-state index in [-0.39, 0.29) is 29.6 Å². The zero-order valence-electron chi connectivity index (χ0n) is 18.2. The molecule has 0 saturated heterocycles. The standard InChI is InChI=1S/C24H36O5/c1-5-6-7-29-13-23-11-17-15(4)20(26)9-19(17)22(12-25)10-16(23)8-18(14(2)3)24(22,23)21(27)28/h8,12,14-17,19-20,26H,5-7,9-11,13H2,1-4H3,(H,27,28)/t15?,16?,17?,19?,20?,22-,23+,24-/m0/s1. The Hall–Kier alpha value is -1.20. The van der Waals surface area contributed by atoms with E-state index >= 15 is 0 Å². The highest BCUT2D eigenvalue weighted by Gasteiger charge is 2.84. The van der Waals surface area contributed by atoms with Crippen LogP contribution in [-0.4, -0.2) is 41.8 Å². The van der Waals surface area contributed by atoms with E-state index in [9.17, 15) is 19.8 Å². The number of rotatable bonds is 8. The fourth-order valence-corrected chi connectivity index (χ4v) is 8.11. The van der Waals surface area contributed by atoms with Crippen LogP contribution in [0.25, 0.3) is 0 Å². The van der Waals surface area contributed by atoms with Gasteiger partial charge in [0.1, 0.15) is 11.7 Å². The Labute approximate surface area is 173 Å². The van der Waals surface area contributed by atoms with E-state index in [1.807, 2.05) is 13.8 Å². The van der Waals surface area contributed by atoms with Gasteiger partial charge in [-0.05, 0) is 55.3 Å². The minimum absolute atomic E-state index is 0.0535. The van der Waals surface area contributed by atoms with Crippen LogP contribution >= 0.6 is 0 Å². The molecule has 4 rings (SSSR count). The van der Waals surface area contributed by atoms with Gasteiger partial charge in [0.05, 0.1) is 18.1 Å². The molecule has 0 aromatic rings. The molecule has 29 heavy (non-hydrogen) atoms. The van der Waals surface area contributed by atoms with Crippen LogP contribution in [-0.2, 0) is 14.3 Å². The predicted octanol–water partition coefficient (Wildman–Crippen LogP) is 3.70. The lowest BCUT2D eigenvalue weighted by atomic mass is 9.43. The van der Waals surface area contributed by atoms with E-state index in [1.165, 1.54) is 0 Å². The third-order valence-electron chi connectivity index (χ3n) is 9.24. The smallest absolute Gasteiger partial charge is 0.315 e. The Kier molecular flexibility index (Phi) is 5.02. The number of unbranched alkanes of at least 4 members (excludes halogenated alkanes) is 1. The molecule has 4 bridgehead atoms. The van der Waals surface area contributed by atoms with Crippen molar-refractivity contribution in [1.29, 1.82) is 0 Å². The first-order valence-electron chi connectivity index (χ1n) is 11.4. The lowest BCUT2D eigenvalue weighted by Crippen LogP contribution is -2.63. The molecule has 0 aliphatic heterocycles. The van der Waals surface area contributed by atoms with Crippen molar-refractivity contribution < 1.29 is 24.5 Å². The van der Waals surface area contributed by atoms with Crippen LogP contribution in [0.5, 0.6) is 0 Å². The molecular formula is C24H36O5. The number of aliphatic hydroxyl groups excluding tert-OH is 1. The van der Waals surface area contributed by atoms with Crippen molar-refractivity contribution in [2.75, 3.05) is 13.2 Å². The predicted molar refractivity (Wildman–Crippen MR) is 109 cm³/mol. The molecule has 162 valence electrons. The van der Waals surface area contributed by atoms with Crippen LogP contribution < -0.4 is 0 Å². The number of allylic oxidation sites excluding steroid dienone is 1. The van der Waals surface area contributed by atoms with E-state index in [2.05, 4.69) is 19.9 Å². The van der Waals surface area contributed by atoms with E-state index in [0.717, 1.165) is 31.1 Å². The Bertz CT molecular complexity index is 729. The second-order valence-corrected chi connectivity index (χ2v) is 10.5. The van der Waals surface area contributed by atoms with Crippen molar-refractivity contribution in [1.82, 2.24) is 0 Å². The van der Waals surface area contributed by atoms with Gasteiger partial charge in [0.2, 0.25) is 0 Å². The minimum atomic E-state index is -1.21. The average molecular weight is 405 g/mol. The highest BCUT2D eigenvalue weighted by molar-refractivity contribution is 5.90. The average Bonchev–Trinajstić information content (AvgIpc) is 3.20. The summed E-state index contributed by atoms with van der Waals surface area (Å²) in [5, 5.41) is 21.5. The molecule has 5 heteroatoms. The van der Waals surface area contributed by atoms with Crippen LogP contribution in [0.2, 0.25) is 0 Å². The van der Waals surface area contributed by atoms with Gasteiger partial charge in [-0.1, -0.05) is 45.8 Å². The van der Waals surface area contributed by atoms with Gasteiger partial charge in [0.25, 0.3) is 0 Å². The van der Waals surface area contributed by atoms with Crippen LogP contribution in [0.4, 0.5) is 0 Å². The molecule has 0 aromatic carbocycles. The normalized spacial score (nSPS) is 47.4. The molecule has 5 unspecified atom stereocenters. The molecule has 8 atom stereocenters. The van der Waals surface area contributed by atoms with Crippen molar-refractivity contribution >= 4 is 12.3 Å². The van der Waals surface area contributed by atoms with Crippen molar-refractivity contribution in [2.45, 2.75) is 65.9 Å². The van der Waals surface area contributed by atoms with Crippen molar-refractivity contribution in [3.05, 3.63) is 11.6 Å². The Balaban J connectivity index is 1.89. The first-order valence-corrected chi connectivity index (χ1v) is 11.4. The number of aliphatic carboxylic acids is 1. The van der Waals surface area contributed by atoms with Gasteiger partial charge in [-0.2, -0.15) is 0 Å². The molecule has 0 heterocycles. The fourth-order valence-electron chi connectivity index (χ4n) is 8.11. The number of ether oxygens (including phenoxy) is 1. The lowest BCUT2D eigenvalue weighted by Gasteiger charge is -2.58. The van der Waals surface area contributed by atoms with Crippen molar-refractivity contribution in [3.63, 3.8) is 0 Å². The molecule has 0 amide bonds. The maximum atomic E-state index is 13.2. The number of hydrogen-bond acceptors (Lipinski definition) is 4. The number of carboxylic acid groups (broad SMARTS) is 1. The number of aliphatic hydroxyl groups is 1. The van der Waals surface area contributed by atoms with E-state index < -0.39 is 28.3 Å². The fraction of sp³-hybridized carbons (Fsp3) is 0.833. The zero-order chi connectivity index (χ0) is 21.2. The van der Waals surface area contributed by atoms with Crippen molar-refractivity contribution in [2.24, 2.45) is 45.8 Å². The Morgan fingerprint density at radius 2 is 2.10 bits per heavy atom. The summed E-state index contributed by atoms with van der Waals surface area (Å²) in [7, 11) is 0. The summed E-state index contributed by atoms with van der Waals surface area (Å²) in [6.45, 7) is 9.27. The van der Waals surface area contributed by atoms with Crippen LogP contribution in [0.15, 0.2) is 11.6 Å². The highest BCUT2D eigenvalue weighted by atomic mass is 16.5. The number of carbonyl (C=O) groups is 2. The largest absolute Gasteiger partial charge is 0.481 e. The highest BCUT2D eigenvalue weighted by Crippen LogP contribution is 2.82. The quantitative estimate of drug-likeness (QED) is 0.366. The van der Waals surface area contributed by atoms with E-state index in [1.54, 1.807) is 0 Å². The maximum absolute atomic E-state index is 13.2. The van der Waals surface area contributed by atoms with Crippen LogP contribution in [0, 0.1) is 45.8 Å². The molecule has 3 fully saturated rings. The zero-order valence-corrected chi connectivity index (χ0v) is 18.2. The van der Waals surface area contributed by atoms with Gasteiger partial charge in [0.15, 0.2) is 0 Å². The molecule has 0 spiro atoms. The van der Waals surface area contributed by atoms with Gasteiger partial charge >= 0.3 is 5.97 Å². The van der Waals surface area contributed by atoms with Gasteiger partial charge in [-0.15, -0.1) is 0 Å². The molecule has 2 N–H and O–H groups in total. The molecule has 5 nitrogen and oxygen atoms in total. The number of carboxylic acids is 1. The lowest BCUT2D eigenvalue weighted by molar-refractivity contribution is -0.186. The molecule has 0 radical (unpaired) electrons. The second kappa shape index (κ2) is 6.91. The van der Waals surface area contributed by atoms with E-state index in [0.29, 0.717) is 26.1 Å². The van der Waals surface area contributed by atoms with Crippen LogP contribution in [0.3, 0.4) is 0 Å². The first-order chi connectivity index (χ1) is 13.7. The van der Waals surface area contributed by atoms with Gasteiger partial charge in [-0.25, -0.2) is 0 Å². The first kappa shape index (κ1) is 21.0. The summed E-state index contributed by atoms with van der Waals surface area (Å²) >= 11 is 0. The molecule has 0 aromatic heterocycles. The summed E-state index contributed by atoms with van der Waals surface area (Å²) < 4.78 is 6.14. The number of hydrogen-bond donors (Lipinski definition) is 2. The van der Waals surface area contributed by atoms with Crippen molar-refractivity contribution in [3.8, 4) is 0 Å². The monoisotopic (exact) mass is 404 g/mol. The molecule has 4 aliphatic rings. The molecule has 3 saturated carbocycles. The summed E-state index contributed by atoms with van der Waals surface area (Å²) in [5.41, 5.74) is -1.83. The van der Waals surface area contributed by atoms with E-state index in [4.69, 9.17) is 4.74 Å². The Morgan fingerprint density at radius 1 is 1.38 bits per heavy atom. The molecule has 4 aliphatic carbocycles. The number of aldehydes is 1. The summed E-state index contributed by atoms with van der Waals surface area (Å²) in [6, 6.07) is 0. The van der Waals surface area contributed by atoms with Gasteiger partial charge < -0.3 is 19.7 Å². The minimum Gasteiger partial charge on any atom is -0.481 e. The summed E-state index contributed by atoms with van der Waals surface area (Å²) in [5.74, 6) is -0.569. The summed E-state index contributed by atoms with van der Waals surface area (Å²) in [4.78, 5) is 26.1. The number of fused-ring (bicyclic) bond motifs is 2. The number of carbonyl (C=O) groups excluding carboxylic acids is 1. The third-order valence-corrected chi connectivity index (χ3v) is 9.24. The maximum Gasteiger partial charge on any atom is 0.315 e. The third kappa shape index (κ3) is 2.29. The van der Waals surface area contributed by atoms with Gasteiger partial charge in [-0.3, -0.25) is 4.79 Å². The SMILES string of the molecule is CCCCOC[C@]12CC3C(C)C(O)CC3[C@@]3(C=O)CC1C=C(C(C)C)[C@@]23C(=O)O. The second-order valence-electron chi connectivity index (χ2n) is 10.5. The topological polar surface area (TPSA) is 83.8 Å². The summed E-state index contributed by atoms with van der Waals surface area (Å²) in [6.07, 6.45) is 6.52. The van der Waals surface area contributed by atoms with Crippen LogP contribution in [0.1, 0.15) is 59.8 Å².